The Balaban J connectivity index is 3.80. The third-order valence-corrected chi connectivity index (χ3v) is 1.36. The SMILES string of the molecule is CNC(=O)C(=O)NCNC(=O)C(=O)NC. The van der Waals surface area contributed by atoms with Crippen molar-refractivity contribution < 1.29 is 19.2 Å². The van der Waals surface area contributed by atoms with Gasteiger partial charge in [-0.15, -0.1) is 0 Å². The second kappa shape index (κ2) is 6.35. The summed E-state index contributed by atoms with van der Waals surface area (Å²) in [6.45, 7) is -0.293. The number of likely N-dealkylation sites (N-methyl/N-ethyl adjacent to an activating group) is 2. The van der Waals surface area contributed by atoms with E-state index in [1.165, 1.54) is 14.1 Å². The van der Waals surface area contributed by atoms with E-state index in [1.54, 1.807) is 0 Å². The molecular weight excluding hydrogens is 204 g/mol. The van der Waals surface area contributed by atoms with Crippen LogP contribution in [-0.4, -0.2) is 44.4 Å². The van der Waals surface area contributed by atoms with Gasteiger partial charge < -0.3 is 21.3 Å². The fourth-order valence-corrected chi connectivity index (χ4v) is 0.592. The molecule has 0 spiro atoms. The summed E-state index contributed by atoms with van der Waals surface area (Å²) in [7, 11) is 2.59. The number of hydrogen-bond acceptors (Lipinski definition) is 4. The van der Waals surface area contributed by atoms with E-state index in [0.717, 1.165) is 0 Å². The lowest BCUT2D eigenvalue weighted by molar-refractivity contribution is -0.140. The van der Waals surface area contributed by atoms with Crippen molar-refractivity contribution in [3.8, 4) is 0 Å². The quantitative estimate of drug-likeness (QED) is 0.285. The van der Waals surface area contributed by atoms with Crippen molar-refractivity contribution in [1.82, 2.24) is 21.3 Å². The van der Waals surface area contributed by atoms with Crippen LogP contribution >= 0.6 is 0 Å². The Bertz CT molecular complexity index is 261. The minimum absolute atomic E-state index is 0.293. The number of carbonyl (C=O) groups excluding carboxylic acids is 4. The van der Waals surface area contributed by atoms with Gasteiger partial charge in [-0.05, 0) is 0 Å². The largest absolute Gasteiger partial charge is 0.351 e. The van der Waals surface area contributed by atoms with Gasteiger partial charge in [0.2, 0.25) is 0 Å². The molecule has 4 amide bonds. The van der Waals surface area contributed by atoms with Crippen LogP contribution in [0.5, 0.6) is 0 Å². The zero-order valence-electron chi connectivity index (χ0n) is 8.34. The Hall–Kier alpha value is -2.12. The van der Waals surface area contributed by atoms with Crippen LogP contribution in [0.4, 0.5) is 0 Å². The highest BCUT2D eigenvalue weighted by molar-refractivity contribution is 6.36. The molecule has 0 unspecified atom stereocenters. The third-order valence-electron chi connectivity index (χ3n) is 1.36. The molecule has 0 bridgehead atoms. The summed E-state index contributed by atoms with van der Waals surface area (Å²) < 4.78 is 0. The predicted octanol–water partition coefficient (Wildman–Crippen LogP) is -3.33. The molecule has 0 fully saturated rings. The molecule has 84 valence electrons. The maximum absolute atomic E-state index is 10.8. The summed E-state index contributed by atoms with van der Waals surface area (Å²) in [4.78, 5) is 43.0. The fourth-order valence-electron chi connectivity index (χ4n) is 0.592. The Morgan fingerprint density at radius 2 is 1.07 bits per heavy atom. The van der Waals surface area contributed by atoms with Crippen molar-refractivity contribution in [2.24, 2.45) is 0 Å². The molecule has 0 aromatic rings. The van der Waals surface area contributed by atoms with Crippen molar-refractivity contribution in [2.75, 3.05) is 20.8 Å². The van der Waals surface area contributed by atoms with Gasteiger partial charge in [0.1, 0.15) is 0 Å². The van der Waals surface area contributed by atoms with Gasteiger partial charge in [-0.3, -0.25) is 19.2 Å². The van der Waals surface area contributed by atoms with E-state index in [1.807, 2.05) is 0 Å². The van der Waals surface area contributed by atoms with Crippen molar-refractivity contribution in [1.29, 1.82) is 0 Å². The number of amides is 4. The van der Waals surface area contributed by atoms with Crippen LogP contribution in [0.25, 0.3) is 0 Å². The number of hydrogen-bond donors (Lipinski definition) is 4. The van der Waals surface area contributed by atoms with Gasteiger partial charge in [0, 0.05) is 14.1 Å². The monoisotopic (exact) mass is 216 g/mol. The molecule has 8 heteroatoms. The van der Waals surface area contributed by atoms with E-state index < -0.39 is 23.6 Å². The smallest absolute Gasteiger partial charge is 0.310 e. The molecule has 0 aliphatic heterocycles. The van der Waals surface area contributed by atoms with Crippen LogP contribution in [0.1, 0.15) is 0 Å². The summed E-state index contributed by atoms with van der Waals surface area (Å²) >= 11 is 0. The molecular formula is C7H12N4O4. The molecule has 0 radical (unpaired) electrons. The highest BCUT2D eigenvalue weighted by Gasteiger charge is 2.13. The van der Waals surface area contributed by atoms with E-state index in [4.69, 9.17) is 0 Å². The summed E-state index contributed by atoms with van der Waals surface area (Å²) in [6, 6.07) is 0. The van der Waals surface area contributed by atoms with Crippen LogP contribution in [0.3, 0.4) is 0 Å². The first-order valence-corrected chi connectivity index (χ1v) is 4.02. The van der Waals surface area contributed by atoms with E-state index >= 15 is 0 Å². The van der Waals surface area contributed by atoms with E-state index in [2.05, 4.69) is 21.3 Å². The highest BCUT2D eigenvalue weighted by Crippen LogP contribution is 1.67. The fraction of sp³-hybridized carbons (Fsp3) is 0.429. The lowest BCUT2D eigenvalue weighted by Gasteiger charge is -2.05. The van der Waals surface area contributed by atoms with E-state index in [0.29, 0.717) is 0 Å². The first kappa shape index (κ1) is 12.9. The molecule has 0 aromatic carbocycles. The number of rotatable bonds is 2. The topological polar surface area (TPSA) is 116 Å². The normalized spacial score (nSPS) is 8.67. The molecule has 0 atom stereocenters. The molecule has 4 N–H and O–H groups in total. The van der Waals surface area contributed by atoms with E-state index in [-0.39, 0.29) is 6.67 Å². The molecule has 0 rings (SSSR count). The Morgan fingerprint density at radius 1 is 0.733 bits per heavy atom. The minimum Gasteiger partial charge on any atom is -0.351 e. The van der Waals surface area contributed by atoms with Crippen LogP contribution in [0.15, 0.2) is 0 Å². The minimum atomic E-state index is -0.894. The van der Waals surface area contributed by atoms with Crippen molar-refractivity contribution >= 4 is 23.6 Å². The van der Waals surface area contributed by atoms with Crippen LogP contribution in [-0.2, 0) is 19.2 Å². The van der Waals surface area contributed by atoms with Gasteiger partial charge >= 0.3 is 23.6 Å². The molecule has 0 saturated heterocycles. The van der Waals surface area contributed by atoms with Gasteiger partial charge in [-0.2, -0.15) is 0 Å². The Morgan fingerprint density at radius 3 is 1.33 bits per heavy atom. The molecule has 0 aliphatic carbocycles. The number of carbonyl (C=O) groups is 4. The lowest BCUT2D eigenvalue weighted by Crippen LogP contribution is -2.47. The first-order chi connectivity index (χ1) is 7.02. The molecule has 0 aliphatic rings. The summed E-state index contributed by atoms with van der Waals surface area (Å²) in [5.41, 5.74) is 0. The first-order valence-electron chi connectivity index (χ1n) is 4.02. The second-order valence-corrected chi connectivity index (χ2v) is 2.35. The highest BCUT2D eigenvalue weighted by atomic mass is 16.2. The maximum atomic E-state index is 10.8. The molecule has 0 heterocycles. The maximum Gasteiger partial charge on any atom is 0.310 e. The van der Waals surface area contributed by atoms with Gasteiger partial charge in [-0.25, -0.2) is 0 Å². The zero-order chi connectivity index (χ0) is 11.8. The third kappa shape index (κ3) is 4.60. The van der Waals surface area contributed by atoms with Crippen LogP contribution in [0.2, 0.25) is 0 Å². The second-order valence-electron chi connectivity index (χ2n) is 2.35. The van der Waals surface area contributed by atoms with Gasteiger partial charge in [0.25, 0.3) is 0 Å². The molecule has 0 aromatic heterocycles. The van der Waals surface area contributed by atoms with Gasteiger partial charge in [-0.1, -0.05) is 0 Å². The number of nitrogens with one attached hydrogen (secondary N) is 4. The average Bonchev–Trinajstić information content (AvgIpc) is 2.26. The summed E-state index contributed by atoms with van der Waals surface area (Å²) in [5.74, 6) is -3.45. The van der Waals surface area contributed by atoms with Crippen molar-refractivity contribution in [2.45, 2.75) is 0 Å². The summed E-state index contributed by atoms with van der Waals surface area (Å²) in [5, 5.41) is 8.35. The van der Waals surface area contributed by atoms with E-state index in [9.17, 15) is 19.2 Å². The van der Waals surface area contributed by atoms with Crippen molar-refractivity contribution in [3.63, 3.8) is 0 Å². The van der Waals surface area contributed by atoms with Gasteiger partial charge in [0.05, 0.1) is 6.67 Å². The van der Waals surface area contributed by atoms with Gasteiger partial charge in [0.15, 0.2) is 0 Å². The Kier molecular flexibility index (Phi) is 5.45. The van der Waals surface area contributed by atoms with Crippen LogP contribution in [0, 0.1) is 0 Å². The summed E-state index contributed by atoms with van der Waals surface area (Å²) in [6.07, 6.45) is 0. The standard InChI is InChI=1S/C7H12N4O4/c1-8-4(12)6(14)10-3-11-7(15)5(13)9-2/h3H2,1-2H3,(H,8,12)(H,9,13)(H,10,14)(H,11,15). The molecule has 8 nitrogen and oxygen atoms in total. The molecule has 15 heavy (non-hydrogen) atoms. The molecule has 0 saturated carbocycles. The zero-order valence-corrected chi connectivity index (χ0v) is 8.34. The predicted molar refractivity (Wildman–Crippen MR) is 49.3 cm³/mol. The average molecular weight is 216 g/mol. The Labute approximate surface area is 85.8 Å². The lowest BCUT2D eigenvalue weighted by atomic mass is 10.5. The van der Waals surface area contributed by atoms with Crippen LogP contribution < -0.4 is 21.3 Å². The van der Waals surface area contributed by atoms with Crippen molar-refractivity contribution in [3.05, 3.63) is 0 Å².